The topological polar surface area (TPSA) is 97.4 Å². The Bertz CT molecular complexity index is 818. The molecule has 2 aromatic heterocycles. The van der Waals surface area contributed by atoms with Gasteiger partial charge in [-0.05, 0) is 31.5 Å². The number of hydrogen-bond acceptors (Lipinski definition) is 6. The SMILES string of the molecule is CCOC(=O)c1c(NC(=O)c2ccc(Cl)nc2)sc(C(=O)NC)c1C. The van der Waals surface area contributed by atoms with E-state index in [0.29, 0.717) is 10.4 Å². The number of amides is 2. The van der Waals surface area contributed by atoms with Gasteiger partial charge >= 0.3 is 5.97 Å². The number of aromatic nitrogens is 1. The number of carbonyl (C=O) groups excluding carboxylic acids is 3. The summed E-state index contributed by atoms with van der Waals surface area (Å²) in [5, 5.41) is 5.65. The van der Waals surface area contributed by atoms with E-state index < -0.39 is 11.9 Å². The molecule has 0 atom stereocenters. The molecule has 0 saturated carbocycles. The molecule has 0 saturated heterocycles. The van der Waals surface area contributed by atoms with Crippen molar-refractivity contribution in [3.8, 4) is 0 Å². The van der Waals surface area contributed by atoms with E-state index in [0.717, 1.165) is 11.3 Å². The van der Waals surface area contributed by atoms with Crippen LogP contribution < -0.4 is 10.6 Å². The van der Waals surface area contributed by atoms with Gasteiger partial charge in [-0.15, -0.1) is 11.3 Å². The van der Waals surface area contributed by atoms with Gasteiger partial charge in [-0.1, -0.05) is 11.6 Å². The van der Waals surface area contributed by atoms with E-state index in [1.807, 2.05) is 0 Å². The van der Waals surface area contributed by atoms with Crippen molar-refractivity contribution in [2.24, 2.45) is 0 Å². The summed E-state index contributed by atoms with van der Waals surface area (Å²) in [6, 6.07) is 2.99. The molecule has 0 aliphatic heterocycles. The van der Waals surface area contributed by atoms with Crippen LogP contribution in [-0.2, 0) is 4.74 Å². The summed E-state index contributed by atoms with van der Waals surface area (Å²) in [5.41, 5.74) is 0.889. The van der Waals surface area contributed by atoms with Crippen LogP contribution in [0.2, 0.25) is 5.15 Å². The second-order valence-corrected chi connectivity index (χ2v) is 6.29. The Morgan fingerprint density at radius 1 is 1.28 bits per heavy atom. The molecular weight excluding hydrogens is 366 g/mol. The summed E-state index contributed by atoms with van der Waals surface area (Å²) in [4.78, 5) is 40.8. The van der Waals surface area contributed by atoms with Crippen molar-refractivity contribution >= 4 is 45.7 Å². The summed E-state index contributed by atoms with van der Waals surface area (Å²) in [6.07, 6.45) is 1.32. The van der Waals surface area contributed by atoms with Gasteiger partial charge in [-0.2, -0.15) is 0 Å². The standard InChI is InChI=1S/C16H16ClN3O4S/c1-4-24-16(23)11-8(2)12(14(22)18-3)25-15(11)20-13(21)9-5-6-10(17)19-7-9/h5-7H,4H2,1-3H3,(H,18,22)(H,20,21). The van der Waals surface area contributed by atoms with Crippen molar-refractivity contribution < 1.29 is 19.1 Å². The number of ether oxygens (including phenoxy) is 1. The maximum Gasteiger partial charge on any atom is 0.341 e. The number of thiophene rings is 1. The summed E-state index contributed by atoms with van der Waals surface area (Å²) < 4.78 is 5.03. The van der Waals surface area contributed by atoms with Crippen LogP contribution in [0.4, 0.5) is 5.00 Å². The number of pyridine rings is 1. The Morgan fingerprint density at radius 3 is 2.56 bits per heavy atom. The van der Waals surface area contributed by atoms with Crippen LogP contribution in [-0.4, -0.2) is 36.4 Å². The van der Waals surface area contributed by atoms with Crippen LogP contribution in [0.15, 0.2) is 18.3 Å². The van der Waals surface area contributed by atoms with E-state index >= 15 is 0 Å². The molecule has 132 valence electrons. The zero-order valence-corrected chi connectivity index (χ0v) is 15.4. The van der Waals surface area contributed by atoms with E-state index in [1.54, 1.807) is 13.8 Å². The number of hydrogen-bond donors (Lipinski definition) is 2. The second kappa shape index (κ2) is 8.09. The lowest BCUT2D eigenvalue weighted by Crippen LogP contribution is -2.18. The lowest BCUT2D eigenvalue weighted by molar-refractivity contribution is 0.0527. The van der Waals surface area contributed by atoms with E-state index in [4.69, 9.17) is 16.3 Å². The quantitative estimate of drug-likeness (QED) is 0.613. The van der Waals surface area contributed by atoms with Crippen LogP contribution in [0.5, 0.6) is 0 Å². The van der Waals surface area contributed by atoms with Gasteiger partial charge < -0.3 is 15.4 Å². The van der Waals surface area contributed by atoms with E-state index in [1.165, 1.54) is 25.4 Å². The minimum absolute atomic E-state index is 0.167. The highest BCUT2D eigenvalue weighted by atomic mass is 35.5. The highest BCUT2D eigenvalue weighted by Gasteiger charge is 2.26. The second-order valence-electron chi connectivity index (χ2n) is 4.88. The summed E-state index contributed by atoms with van der Waals surface area (Å²) in [5.74, 6) is -1.42. The molecule has 25 heavy (non-hydrogen) atoms. The third-order valence-corrected chi connectivity index (χ3v) is 4.71. The van der Waals surface area contributed by atoms with Crippen LogP contribution in [0.25, 0.3) is 0 Å². The van der Waals surface area contributed by atoms with Gasteiger partial charge in [0.2, 0.25) is 0 Å². The molecule has 2 rings (SSSR count). The molecule has 0 aliphatic carbocycles. The number of esters is 1. The van der Waals surface area contributed by atoms with Crippen molar-refractivity contribution in [1.29, 1.82) is 0 Å². The molecule has 2 N–H and O–H groups in total. The summed E-state index contributed by atoms with van der Waals surface area (Å²) >= 11 is 6.71. The first kappa shape index (κ1) is 18.9. The fourth-order valence-corrected chi connectivity index (χ4v) is 3.31. The molecule has 0 unspecified atom stereocenters. The van der Waals surface area contributed by atoms with Gasteiger partial charge in [0.15, 0.2) is 0 Å². The highest BCUT2D eigenvalue weighted by Crippen LogP contribution is 2.34. The summed E-state index contributed by atoms with van der Waals surface area (Å²) in [7, 11) is 1.49. The van der Waals surface area contributed by atoms with Crippen LogP contribution in [0, 0.1) is 6.92 Å². The Hall–Kier alpha value is -2.45. The number of nitrogens with one attached hydrogen (secondary N) is 2. The first-order chi connectivity index (χ1) is 11.9. The van der Waals surface area contributed by atoms with E-state index in [9.17, 15) is 14.4 Å². The molecule has 2 aromatic rings. The van der Waals surface area contributed by atoms with Crippen LogP contribution in [0.3, 0.4) is 0 Å². The molecule has 2 heterocycles. The Balaban J connectivity index is 2.41. The average Bonchev–Trinajstić information content (AvgIpc) is 2.91. The molecule has 0 radical (unpaired) electrons. The largest absolute Gasteiger partial charge is 0.462 e. The third kappa shape index (κ3) is 4.15. The molecule has 0 aromatic carbocycles. The lowest BCUT2D eigenvalue weighted by atomic mass is 10.1. The minimum Gasteiger partial charge on any atom is -0.462 e. The predicted molar refractivity (Wildman–Crippen MR) is 95.6 cm³/mol. The molecule has 0 bridgehead atoms. The highest BCUT2D eigenvalue weighted by molar-refractivity contribution is 7.18. The van der Waals surface area contributed by atoms with Crippen LogP contribution >= 0.6 is 22.9 Å². The monoisotopic (exact) mass is 381 g/mol. The van der Waals surface area contributed by atoms with Gasteiger partial charge in [0.05, 0.1) is 22.6 Å². The normalized spacial score (nSPS) is 10.2. The van der Waals surface area contributed by atoms with Gasteiger partial charge in [0.25, 0.3) is 11.8 Å². The number of nitrogens with zero attached hydrogens (tertiary/aromatic N) is 1. The van der Waals surface area contributed by atoms with Crippen molar-refractivity contribution in [1.82, 2.24) is 10.3 Å². The fraction of sp³-hybridized carbons (Fsp3) is 0.250. The van der Waals surface area contributed by atoms with Crippen LogP contribution in [0.1, 0.15) is 42.9 Å². The lowest BCUT2D eigenvalue weighted by Gasteiger charge is -2.07. The number of anilines is 1. The van der Waals surface area contributed by atoms with Gasteiger partial charge in [-0.3, -0.25) is 9.59 Å². The molecule has 2 amide bonds. The Kier molecular flexibility index (Phi) is 6.11. The Morgan fingerprint density at radius 2 is 2.00 bits per heavy atom. The average molecular weight is 382 g/mol. The number of carbonyl (C=O) groups is 3. The molecule has 0 spiro atoms. The van der Waals surface area contributed by atoms with E-state index in [-0.39, 0.29) is 33.8 Å². The number of rotatable bonds is 5. The van der Waals surface area contributed by atoms with Gasteiger partial charge in [-0.25, -0.2) is 9.78 Å². The van der Waals surface area contributed by atoms with Gasteiger partial charge in [0, 0.05) is 13.2 Å². The molecule has 0 fully saturated rings. The van der Waals surface area contributed by atoms with Crippen molar-refractivity contribution in [3.05, 3.63) is 45.1 Å². The first-order valence-corrected chi connectivity index (χ1v) is 8.54. The molecule has 9 heteroatoms. The maximum absolute atomic E-state index is 12.4. The minimum atomic E-state index is -0.601. The van der Waals surface area contributed by atoms with E-state index in [2.05, 4.69) is 15.6 Å². The smallest absolute Gasteiger partial charge is 0.341 e. The third-order valence-electron chi connectivity index (χ3n) is 3.28. The Labute approximate surface area is 153 Å². The fourth-order valence-electron chi connectivity index (χ4n) is 2.07. The molecule has 0 aliphatic rings. The zero-order chi connectivity index (χ0) is 18.6. The molecule has 7 nitrogen and oxygen atoms in total. The van der Waals surface area contributed by atoms with Crippen molar-refractivity contribution in [3.63, 3.8) is 0 Å². The summed E-state index contributed by atoms with van der Waals surface area (Å²) in [6.45, 7) is 3.49. The first-order valence-electron chi connectivity index (χ1n) is 7.34. The molecular formula is C16H16ClN3O4S. The van der Waals surface area contributed by atoms with Gasteiger partial charge in [0.1, 0.15) is 10.2 Å². The maximum atomic E-state index is 12.4. The predicted octanol–water partition coefficient (Wildman–Crippen LogP) is 2.89. The van der Waals surface area contributed by atoms with Crippen molar-refractivity contribution in [2.45, 2.75) is 13.8 Å². The number of halogens is 1. The van der Waals surface area contributed by atoms with Crippen molar-refractivity contribution in [2.75, 3.05) is 19.0 Å². The zero-order valence-electron chi connectivity index (χ0n) is 13.8.